The van der Waals surface area contributed by atoms with Gasteiger partial charge in [-0.05, 0) is 40.0 Å². The Morgan fingerprint density at radius 3 is 2.78 bits per heavy atom. The van der Waals surface area contributed by atoms with E-state index < -0.39 is 0 Å². The molecule has 98 valence electrons. The molecule has 5 heteroatoms. The minimum Gasteiger partial charge on any atom is -0.497 e. The van der Waals surface area contributed by atoms with Gasteiger partial charge in [0.15, 0.2) is 0 Å². The third kappa shape index (κ3) is 2.52. The Balaban J connectivity index is 2.23. The van der Waals surface area contributed by atoms with Crippen LogP contribution >= 0.6 is 15.9 Å². The second-order valence-corrected chi connectivity index (χ2v) is 5.55. The summed E-state index contributed by atoms with van der Waals surface area (Å²) < 4.78 is 5.93. The summed E-state index contributed by atoms with van der Waals surface area (Å²) in [6, 6.07) is 5.46. The van der Waals surface area contributed by atoms with E-state index in [1.54, 1.807) is 18.1 Å². The van der Waals surface area contributed by atoms with Crippen LogP contribution in [0, 0.1) is 5.92 Å². The van der Waals surface area contributed by atoms with E-state index in [-0.39, 0.29) is 11.9 Å². The van der Waals surface area contributed by atoms with Crippen LogP contribution in [-0.2, 0) is 0 Å². The number of nitrogens with zero attached hydrogens (tertiary/aromatic N) is 1. The summed E-state index contributed by atoms with van der Waals surface area (Å²) >= 11 is 3.40. The average molecular weight is 313 g/mol. The van der Waals surface area contributed by atoms with Crippen molar-refractivity contribution in [3.05, 3.63) is 28.2 Å². The van der Waals surface area contributed by atoms with Crippen LogP contribution in [-0.4, -0.2) is 37.0 Å². The Labute approximate surface area is 115 Å². The summed E-state index contributed by atoms with van der Waals surface area (Å²) in [5.74, 6) is 1.03. The SMILES string of the molecule is COc1ccc(Br)c(C(=O)N2CC(C)C(N)C2)c1. The van der Waals surface area contributed by atoms with Gasteiger partial charge in [-0.2, -0.15) is 0 Å². The van der Waals surface area contributed by atoms with Gasteiger partial charge in [0.1, 0.15) is 5.75 Å². The molecule has 2 atom stereocenters. The molecule has 1 aliphatic heterocycles. The van der Waals surface area contributed by atoms with E-state index in [4.69, 9.17) is 10.5 Å². The summed E-state index contributed by atoms with van der Waals surface area (Å²) in [6.45, 7) is 3.39. The topological polar surface area (TPSA) is 55.6 Å². The van der Waals surface area contributed by atoms with Crippen LogP contribution in [0.25, 0.3) is 0 Å². The van der Waals surface area contributed by atoms with Crippen molar-refractivity contribution in [3.8, 4) is 5.75 Å². The Morgan fingerprint density at radius 2 is 2.22 bits per heavy atom. The number of nitrogens with two attached hydrogens (primary N) is 1. The van der Waals surface area contributed by atoms with Gasteiger partial charge in [-0.25, -0.2) is 0 Å². The lowest BCUT2D eigenvalue weighted by molar-refractivity contribution is 0.0785. The monoisotopic (exact) mass is 312 g/mol. The molecule has 2 rings (SSSR count). The zero-order valence-corrected chi connectivity index (χ0v) is 12.1. The maximum atomic E-state index is 12.4. The number of amides is 1. The maximum Gasteiger partial charge on any atom is 0.255 e. The lowest BCUT2D eigenvalue weighted by Crippen LogP contribution is -2.32. The van der Waals surface area contributed by atoms with Crippen LogP contribution in [0.2, 0.25) is 0 Å². The number of benzene rings is 1. The van der Waals surface area contributed by atoms with Crippen LogP contribution in [0.3, 0.4) is 0 Å². The van der Waals surface area contributed by atoms with Crippen molar-refractivity contribution in [2.75, 3.05) is 20.2 Å². The van der Waals surface area contributed by atoms with Gasteiger partial charge in [0.05, 0.1) is 12.7 Å². The highest BCUT2D eigenvalue weighted by atomic mass is 79.9. The molecule has 1 aromatic rings. The Bertz CT molecular complexity index is 454. The number of hydrogen-bond acceptors (Lipinski definition) is 3. The second kappa shape index (κ2) is 5.28. The third-order valence-corrected chi connectivity index (χ3v) is 4.05. The number of methoxy groups -OCH3 is 1. The molecule has 1 aromatic carbocycles. The van der Waals surface area contributed by atoms with Crippen LogP contribution < -0.4 is 10.5 Å². The molecule has 1 heterocycles. The normalized spacial score (nSPS) is 23.2. The largest absolute Gasteiger partial charge is 0.497 e. The average Bonchev–Trinajstić information content (AvgIpc) is 2.69. The van der Waals surface area contributed by atoms with Crippen molar-refractivity contribution in [2.45, 2.75) is 13.0 Å². The van der Waals surface area contributed by atoms with Gasteiger partial charge < -0.3 is 15.4 Å². The first-order chi connectivity index (χ1) is 8.52. The number of carbonyl (C=O) groups excluding carboxylic acids is 1. The first-order valence-corrected chi connectivity index (χ1v) is 6.70. The van der Waals surface area contributed by atoms with Gasteiger partial charge in [0.25, 0.3) is 5.91 Å². The van der Waals surface area contributed by atoms with Crippen molar-refractivity contribution in [2.24, 2.45) is 11.7 Å². The minimum absolute atomic E-state index is 0.000532. The summed E-state index contributed by atoms with van der Waals surface area (Å²) in [4.78, 5) is 14.2. The third-order valence-electron chi connectivity index (χ3n) is 3.36. The summed E-state index contributed by atoms with van der Waals surface area (Å²) in [5.41, 5.74) is 6.57. The molecule has 0 spiro atoms. The highest BCUT2D eigenvalue weighted by Gasteiger charge is 2.31. The predicted molar refractivity (Wildman–Crippen MR) is 73.7 cm³/mol. The predicted octanol–water partition coefficient (Wildman–Crippen LogP) is 1.88. The fourth-order valence-corrected chi connectivity index (χ4v) is 2.54. The Hall–Kier alpha value is -1.07. The number of rotatable bonds is 2. The molecule has 1 fully saturated rings. The molecule has 1 saturated heterocycles. The van der Waals surface area contributed by atoms with Crippen LogP contribution in [0.1, 0.15) is 17.3 Å². The van der Waals surface area contributed by atoms with E-state index in [1.807, 2.05) is 12.1 Å². The van der Waals surface area contributed by atoms with Gasteiger partial charge in [0, 0.05) is 23.6 Å². The standard InChI is InChI=1S/C13H17BrN2O2/c1-8-6-16(7-12(8)15)13(17)10-5-9(18-2)3-4-11(10)14/h3-5,8,12H,6-7,15H2,1-2H3. The van der Waals surface area contributed by atoms with E-state index in [0.29, 0.717) is 30.3 Å². The smallest absolute Gasteiger partial charge is 0.255 e. The minimum atomic E-state index is 0.000532. The summed E-state index contributed by atoms with van der Waals surface area (Å²) in [5, 5.41) is 0. The number of halogens is 1. The van der Waals surface area contributed by atoms with E-state index in [9.17, 15) is 4.79 Å². The van der Waals surface area contributed by atoms with Crippen LogP contribution in [0.15, 0.2) is 22.7 Å². The molecular formula is C13H17BrN2O2. The Kier molecular flexibility index (Phi) is 3.92. The lowest BCUT2D eigenvalue weighted by atomic mass is 10.1. The molecule has 1 amide bonds. The molecular weight excluding hydrogens is 296 g/mol. The molecule has 0 saturated carbocycles. The highest BCUT2D eigenvalue weighted by molar-refractivity contribution is 9.10. The van der Waals surface area contributed by atoms with Crippen molar-refractivity contribution in [1.82, 2.24) is 4.90 Å². The highest BCUT2D eigenvalue weighted by Crippen LogP contribution is 2.26. The number of carbonyl (C=O) groups is 1. The fraction of sp³-hybridized carbons (Fsp3) is 0.462. The quantitative estimate of drug-likeness (QED) is 0.907. The van der Waals surface area contributed by atoms with E-state index in [0.717, 1.165) is 4.47 Å². The summed E-state index contributed by atoms with van der Waals surface area (Å²) in [6.07, 6.45) is 0. The Morgan fingerprint density at radius 1 is 1.50 bits per heavy atom. The zero-order valence-electron chi connectivity index (χ0n) is 10.5. The zero-order chi connectivity index (χ0) is 13.3. The van der Waals surface area contributed by atoms with Gasteiger partial charge in [-0.1, -0.05) is 6.92 Å². The van der Waals surface area contributed by atoms with Crippen molar-refractivity contribution in [3.63, 3.8) is 0 Å². The molecule has 1 aliphatic rings. The van der Waals surface area contributed by atoms with E-state index in [2.05, 4.69) is 22.9 Å². The molecule has 2 unspecified atom stereocenters. The van der Waals surface area contributed by atoms with Crippen LogP contribution in [0.5, 0.6) is 5.75 Å². The molecule has 2 N–H and O–H groups in total. The van der Waals surface area contributed by atoms with Gasteiger partial charge in [0.2, 0.25) is 0 Å². The van der Waals surface area contributed by atoms with E-state index in [1.165, 1.54) is 0 Å². The summed E-state index contributed by atoms with van der Waals surface area (Å²) in [7, 11) is 1.59. The second-order valence-electron chi connectivity index (χ2n) is 4.70. The van der Waals surface area contributed by atoms with Crippen molar-refractivity contribution in [1.29, 1.82) is 0 Å². The molecule has 0 radical (unpaired) electrons. The number of hydrogen-bond donors (Lipinski definition) is 1. The number of likely N-dealkylation sites (tertiary alicyclic amines) is 1. The molecule has 0 aliphatic carbocycles. The first-order valence-electron chi connectivity index (χ1n) is 5.91. The van der Waals surface area contributed by atoms with Crippen LogP contribution in [0.4, 0.5) is 0 Å². The number of ether oxygens (including phenoxy) is 1. The van der Waals surface area contributed by atoms with Gasteiger partial charge in [-0.3, -0.25) is 4.79 Å². The fourth-order valence-electron chi connectivity index (χ4n) is 2.12. The molecule has 0 aromatic heterocycles. The maximum absolute atomic E-state index is 12.4. The molecule has 0 bridgehead atoms. The molecule has 18 heavy (non-hydrogen) atoms. The van der Waals surface area contributed by atoms with Gasteiger partial charge in [-0.15, -0.1) is 0 Å². The molecule has 4 nitrogen and oxygen atoms in total. The van der Waals surface area contributed by atoms with E-state index >= 15 is 0 Å². The van der Waals surface area contributed by atoms with Gasteiger partial charge >= 0.3 is 0 Å². The first kappa shape index (κ1) is 13.4. The lowest BCUT2D eigenvalue weighted by Gasteiger charge is -2.17. The van der Waals surface area contributed by atoms with Crippen molar-refractivity contribution < 1.29 is 9.53 Å². The van der Waals surface area contributed by atoms with Crippen molar-refractivity contribution >= 4 is 21.8 Å².